The third kappa shape index (κ3) is 166. The Kier molecular flexibility index (Phi) is 4480. The van der Waals surface area contributed by atoms with Gasteiger partial charge in [-0.3, -0.25) is 0 Å². The maximum Gasteiger partial charge on any atom is 4.00 e. The minimum atomic E-state index is 0. The van der Waals surface area contributed by atoms with E-state index in [0.29, 0.717) is 0 Å². The largest absolute Gasteiger partial charge is 4.00 e. The van der Waals surface area contributed by atoms with Crippen LogP contribution in [-0.2, 0) is 90.7 Å². The molecular formula is O7Sb2Zr2. The summed E-state index contributed by atoms with van der Waals surface area (Å²) < 4.78 is 0. The molecule has 0 spiro atoms. The Morgan fingerprint density at radius 3 is 0.273 bits per heavy atom. The second-order valence-corrected chi connectivity index (χ2v) is 0. The van der Waals surface area contributed by atoms with E-state index in [1.165, 1.54) is 0 Å². The molecule has 11 heteroatoms. The van der Waals surface area contributed by atoms with Crippen LogP contribution in [0.5, 0.6) is 0 Å². The van der Waals surface area contributed by atoms with Crippen LogP contribution in [0.25, 0.3) is 0 Å². The fourth-order valence-corrected chi connectivity index (χ4v) is 0. The van der Waals surface area contributed by atoms with Crippen LogP contribution in [0.2, 0.25) is 0 Å². The van der Waals surface area contributed by atoms with Crippen LogP contribution < -0.4 is 0 Å². The Labute approximate surface area is 137 Å². The minimum Gasteiger partial charge on any atom is -2.00 e. The fraction of sp³-hybridized carbons (Fsp3) is 0. The normalized spacial score (nSPS) is 0. The van der Waals surface area contributed by atoms with E-state index in [1.807, 2.05) is 0 Å². The van der Waals surface area contributed by atoms with Crippen molar-refractivity contribution in [2.75, 3.05) is 0 Å². The first kappa shape index (κ1) is 249. The first-order valence-corrected chi connectivity index (χ1v) is 0. The summed E-state index contributed by atoms with van der Waals surface area (Å²) in [5, 5.41) is 0. The molecule has 0 N–H and O–H groups in total. The summed E-state index contributed by atoms with van der Waals surface area (Å²) in [6.45, 7) is 0. The van der Waals surface area contributed by atoms with Crippen LogP contribution in [-0.4, -0.2) is 48.9 Å². The van der Waals surface area contributed by atoms with Crippen molar-refractivity contribution in [3.8, 4) is 0 Å². The van der Waals surface area contributed by atoms with Gasteiger partial charge in [0.1, 0.15) is 0 Å². The topological polar surface area (TPSA) is 200 Å². The van der Waals surface area contributed by atoms with Crippen molar-refractivity contribution in [3.05, 3.63) is 0 Å². The SMILES string of the molecule is [O-2].[O-2].[O-2].[O-2].[O-2].[O-2].[O-2].[Sb+3].[Sb+3].[Zr+4].[Zr+4]. The molecule has 0 aromatic heterocycles. The molecule has 0 bridgehead atoms. The zero-order valence-corrected chi connectivity index (χ0v) is 14.8. The van der Waals surface area contributed by atoms with Gasteiger partial charge in [-0.25, -0.2) is 0 Å². The van der Waals surface area contributed by atoms with E-state index >= 15 is 0 Å². The van der Waals surface area contributed by atoms with Gasteiger partial charge in [0.05, 0.1) is 0 Å². The average molecular weight is 538 g/mol. The third-order valence-electron chi connectivity index (χ3n) is 0. The molecule has 0 rings (SSSR count). The zero-order valence-electron chi connectivity index (χ0n) is 4.75. The zero-order chi connectivity index (χ0) is 0. The van der Waals surface area contributed by atoms with Crippen molar-refractivity contribution in [3.63, 3.8) is 0 Å². The molecular weight excluding hydrogens is 538 g/mol. The summed E-state index contributed by atoms with van der Waals surface area (Å²) in [5.74, 6) is 0. The van der Waals surface area contributed by atoms with E-state index in [1.54, 1.807) is 0 Å². The molecule has 0 aliphatic carbocycles. The molecule has 7 nitrogen and oxygen atoms in total. The molecule has 0 saturated heterocycles. The van der Waals surface area contributed by atoms with E-state index in [9.17, 15) is 0 Å². The summed E-state index contributed by atoms with van der Waals surface area (Å²) in [4.78, 5) is 0. The van der Waals surface area contributed by atoms with Crippen LogP contribution in [0, 0.1) is 0 Å². The maximum absolute atomic E-state index is 0. The average Bonchev–Trinajstić information content (AvgIpc) is 0. The van der Waals surface area contributed by atoms with Gasteiger partial charge in [0, 0.05) is 0 Å². The third-order valence-corrected chi connectivity index (χ3v) is 0. The van der Waals surface area contributed by atoms with E-state index in [0.717, 1.165) is 0 Å². The Morgan fingerprint density at radius 2 is 0.273 bits per heavy atom. The molecule has 0 saturated carbocycles. The van der Waals surface area contributed by atoms with Crippen LogP contribution in [0.1, 0.15) is 0 Å². The van der Waals surface area contributed by atoms with Crippen molar-refractivity contribution in [2.24, 2.45) is 0 Å². The summed E-state index contributed by atoms with van der Waals surface area (Å²) in [5.41, 5.74) is 0. The van der Waals surface area contributed by atoms with Crippen LogP contribution in [0.4, 0.5) is 0 Å². The van der Waals surface area contributed by atoms with Crippen molar-refractivity contribution in [1.82, 2.24) is 0 Å². The Balaban J connectivity index is 0. The van der Waals surface area contributed by atoms with Crippen molar-refractivity contribution >= 4 is 48.9 Å². The smallest absolute Gasteiger partial charge is 2.00 e. The van der Waals surface area contributed by atoms with E-state index < -0.39 is 0 Å². The Morgan fingerprint density at radius 1 is 0.273 bits per heavy atom. The van der Waals surface area contributed by atoms with Gasteiger partial charge in [0.15, 0.2) is 0 Å². The molecule has 0 atom stereocenters. The molecule has 0 amide bonds. The second kappa shape index (κ2) is 198. The molecule has 0 aliphatic rings. The number of hydrogen-bond acceptors (Lipinski definition) is 0. The standard InChI is InChI=1S/7O.2Sb.2Zr/q7*-2;2*+3;2*+4. The van der Waals surface area contributed by atoms with Gasteiger partial charge in [-0.15, -0.1) is 0 Å². The van der Waals surface area contributed by atoms with Crippen molar-refractivity contribution in [2.45, 2.75) is 0 Å². The van der Waals surface area contributed by atoms with Crippen LogP contribution in [0.3, 0.4) is 0 Å². The molecule has 0 aromatic carbocycles. The summed E-state index contributed by atoms with van der Waals surface area (Å²) in [6, 6.07) is 0. The number of hydrogen-bond donors (Lipinski definition) is 0. The summed E-state index contributed by atoms with van der Waals surface area (Å²) >= 11 is 0. The van der Waals surface area contributed by atoms with Gasteiger partial charge >= 0.3 is 101 Å². The summed E-state index contributed by atoms with van der Waals surface area (Å²) in [7, 11) is 0. The van der Waals surface area contributed by atoms with Gasteiger partial charge in [-0.1, -0.05) is 0 Å². The van der Waals surface area contributed by atoms with Gasteiger partial charge in [0.2, 0.25) is 0 Å². The Bertz CT molecular complexity index is 14.4. The molecule has 0 heterocycles. The fourth-order valence-electron chi connectivity index (χ4n) is 0. The van der Waals surface area contributed by atoms with Crippen molar-refractivity contribution < 1.29 is 90.7 Å². The van der Waals surface area contributed by atoms with Crippen LogP contribution >= 0.6 is 0 Å². The molecule has 0 aromatic rings. The predicted molar refractivity (Wildman–Crippen MR) is 16.3 cm³/mol. The van der Waals surface area contributed by atoms with Gasteiger partial charge in [0.25, 0.3) is 0 Å². The Hall–Kier alpha value is 3.12. The van der Waals surface area contributed by atoms with Gasteiger partial charge in [-0.2, -0.15) is 0 Å². The molecule has 0 unspecified atom stereocenters. The number of rotatable bonds is 0. The van der Waals surface area contributed by atoms with Gasteiger partial charge in [-0.05, 0) is 0 Å². The second-order valence-electron chi connectivity index (χ2n) is 0. The van der Waals surface area contributed by atoms with E-state index in [2.05, 4.69) is 0 Å². The van der Waals surface area contributed by atoms with E-state index in [4.69, 9.17) is 0 Å². The predicted octanol–water partition coefficient (Wildman–Crippen LogP) is -1.60. The molecule has 4 radical (unpaired) electrons. The van der Waals surface area contributed by atoms with Gasteiger partial charge < -0.3 is 38.3 Å². The maximum atomic E-state index is 0. The van der Waals surface area contributed by atoms with Crippen LogP contribution in [0.15, 0.2) is 0 Å². The quantitative estimate of drug-likeness (QED) is 0.321. The molecule has 0 aliphatic heterocycles. The molecule has 11 heavy (non-hydrogen) atoms. The molecule has 60 valence electrons. The monoisotopic (exact) mass is 534 g/mol. The summed E-state index contributed by atoms with van der Waals surface area (Å²) in [6.07, 6.45) is 0. The molecule has 0 fully saturated rings. The van der Waals surface area contributed by atoms with E-state index in [-0.39, 0.29) is 140 Å². The first-order valence-electron chi connectivity index (χ1n) is 0. The minimum absolute atomic E-state index is 0. The van der Waals surface area contributed by atoms with Crippen molar-refractivity contribution in [1.29, 1.82) is 0 Å². The first-order chi connectivity index (χ1) is 0.